The molecule has 0 fully saturated rings. The molecule has 90 valence electrons. The number of hydrogen-bond donors (Lipinski definition) is 1. The maximum absolute atomic E-state index is 9.41. The van der Waals surface area contributed by atoms with E-state index in [0.29, 0.717) is 0 Å². The van der Waals surface area contributed by atoms with Crippen LogP contribution in [-0.2, 0) is 12.8 Å². The molecule has 0 saturated heterocycles. The van der Waals surface area contributed by atoms with Crippen LogP contribution >= 0.6 is 15.9 Å². The van der Waals surface area contributed by atoms with Crippen molar-refractivity contribution >= 4 is 15.9 Å². The zero-order chi connectivity index (χ0) is 12.1. The van der Waals surface area contributed by atoms with E-state index in [1.54, 1.807) is 12.5 Å². The molecule has 17 heavy (non-hydrogen) atoms. The lowest BCUT2D eigenvalue weighted by Crippen LogP contribution is -2.12. The van der Waals surface area contributed by atoms with Gasteiger partial charge in [-0.15, -0.1) is 0 Å². The third-order valence-electron chi connectivity index (χ3n) is 2.78. The summed E-state index contributed by atoms with van der Waals surface area (Å²) >= 11 is 3.46. The Morgan fingerprint density at radius 1 is 1.18 bits per heavy atom. The Labute approximate surface area is 109 Å². The first-order chi connectivity index (χ1) is 8.28. The Bertz CT molecular complexity index is 451. The molecule has 2 nitrogen and oxygen atoms in total. The highest BCUT2D eigenvalue weighted by atomic mass is 79.9. The van der Waals surface area contributed by atoms with Gasteiger partial charge in [-0.05, 0) is 48.1 Å². The number of aliphatic hydroxyl groups is 1. The minimum absolute atomic E-state index is 0.192. The lowest BCUT2D eigenvalue weighted by Gasteiger charge is -2.13. The van der Waals surface area contributed by atoms with Gasteiger partial charge < -0.3 is 9.52 Å². The molecular weight excluding hydrogens is 280 g/mol. The summed E-state index contributed by atoms with van der Waals surface area (Å²) in [6, 6.07) is 10.2. The van der Waals surface area contributed by atoms with E-state index < -0.39 is 0 Å². The second-order valence-electron chi connectivity index (χ2n) is 4.22. The van der Waals surface area contributed by atoms with E-state index in [1.165, 1.54) is 5.56 Å². The highest BCUT2D eigenvalue weighted by molar-refractivity contribution is 9.10. The van der Waals surface area contributed by atoms with Gasteiger partial charge in [-0.1, -0.05) is 28.1 Å². The molecule has 1 aromatic heterocycles. The number of hydrogen-bond acceptors (Lipinski definition) is 2. The second kappa shape index (κ2) is 6.03. The Morgan fingerprint density at radius 2 is 2.00 bits per heavy atom. The predicted octanol–water partition coefficient (Wildman–Crippen LogP) is 3.44. The summed E-state index contributed by atoms with van der Waals surface area (Å²) in [5.74, 6) is 0.238. The molecule has 0 spiro atoms. The third-order valence-corrected chi connectivity index (χ3v) is 3.27. The smallest absolute Gasteiger partial charge is 0.0934 e. The predicted molar refractivity (Wildman–Crippen MR) is 70.8 cm³/mol. The Morgan fingerprint density at radius 3 is 2.65 bits per heavy atom. The standard InChI is InChI=1S/C14H15BrO2/c15-14-3-1-2-11(8-14)6-13(9-16)7-12-4-5-17-10-12/h1-5,8,10,13,16H,6-7,9H2. The maximum atomic E-state index is 9.41. The molecule has 1 unspecified atom stereocenters. The first kappa shape index (κ1) is 12.4. The van der Waals surface area contributed by atoms with Crippen LogP contribution in [0.3, 0.4) is 0 Å². The fraction of sp³-hybridized carbons (Fsp3) is 0.286. The molecule has 3 heteroatoms. The number of aliphatic hydroxyl groups excluding tert-OH is 1. The highest BCUT2D eigenvalue weighted by Gasteiger charge is 2.10. The van der Waals surface area contributed by atoms with Crippen molar-refractivity contribution in [1.29, 1.82) is 0 Å². The summed E-state index contributed by atoms with van der Waals surface area (Å²) < 4.78 is 6.12. The highest BCUT2D eigenvalue weighted by Crippen LogP contribution is 2.18. The normalized spacial score (nSPS) is 12.6. The SMILES string of the molecule is OCC(Cc1ccoc1)Cc1cccc(Br)c1. The molecule has 1 atom stereocenters. The number of furan rings is 1. The van der Waals surface area contributed by atoms with Crippen LogP contribution in [-0.4, -0.2) is 11.7 Å². The zero-order valence-electron chi connectivity index (χ0n) is 9.47. The summed E-state index contributed by atoms with van der Waals surface area (Å²) in [5.41, 5.74) is 2.38. The second-order valence-corrected chi connectivity index (χ2v) is 5.13. The lowest BCUT2D eigenvalue weighted by atomic mass is 9.94. The van der Waals surface area contributed by atoms with Crippen molar-refractivity contribution in [3.05, 3.63) is 58.5 Å². The minimum Gasteiger partial charge on any atom is -0.472 e. The number of rotatable bonds is 5. The first-order valence-electron chi connectivity index (χ1n) is 5.64. The van der Waals surface area contributed by atoms with E-state index in [1.807, 2.05) is 18.2 Å². The van der Waals surface area contributed by atoms with Gasteiger partial charge in [-0.2, -0.15) is 0 Å². The quantitative estimate of drug-likeness (QED) is 0.916. The Balaban J connectivity index is 2.00. The summed E-state index contributed by atoms with van der Waals surface area (Å²) in [6.07, 6.45) is 5.13. The molecule has 1 N–H and O–H groups in total. The third kappa shape index (κ3) is 3.72. The van der Waals surface area contributed by atoms with Crippen LogP contribution in [0.15, 0.2) is 51.7 Å². The number of benzene rings is 1. The molecule has 0 aliphatic heterocycles. The van der Waals surface area contributed by atoms with Crippen molar-refractivity contribution in [1.82, 2.24) is 0 Å². The first-order valence-corrected chi connectivity index (χ1v) is 6.43. The van der Waals surface area contributed by atoms with Crippen molar-refractivity contribution in [3.8, 4) is 0 Å². The van der Waals surface area contributed by atoms with Gasteiger partial charge in [-0.25, -0.2) is 0 Å². The summed E-state index contributed by atoms with van der Waals surface area (Å²) in [7, 11) is 0. The fourth-order valence-electron chi connectivity index (χ4n) is 1.94. The van der Waals surface area contributed by atoms with Gasteiger partial charge in [0.25, 0.3) is 0 Å². The van der Waals surface area contributed by atoms with Crippen molar-refractivity contribution < 1.29 is 9.52 Å². The van der Waals surface area contributed by atoms with Gasteiger partial charge in [-0.3, -0.25) is 0 Å². The van der Waals surface area contributed by atoms with E-state index in [9.17, 15) is 5.11 Å². The van der Waals surface area contributed by atoms with Gasteiger partial charge in [0.15, 0.2) is 0 Å². The molecule has 0 radical (unpaired) electrons. The van der Waals surface area contributed by atoms with Crippen molar-refractivity contribution in [2.75, 3.05) is 6.61 Å². The molecule has 0 bridgehead atoms. The Kier molecular flexibility index (Phi) is 4.40. The van der Waals surface area contributed by atoms with Crippen LogP contribution in [0.2, 0.25) is 0 Å². The van der Waals surface area contributed by atoms with E-state index in [2.05, 4.69) is 28.1 Å². The van der Waals surface area contributed by atoms with Crippen LogP contribution in [0.1, 0.15) is 11.1 Å². The lowest BCUT2D eigenvalue weighted by molar-refractivity contribution is 0.225. The van der Waals surface area contributed by atoms with Crippen LogP contribution in [0, 0.1) is 5.92 Å². The summed E-state index contributed by atoms with van der Waals surface area (Å²) in [4.78, 5) is 0. The molecule has 2 aromatic rings. The molecule has 1 aromatic carbocycles. The monoisotopic (exact) mass is 294 g/mol. The molecule has 0 amide bonds. The molecule has 0 aliphatic rings. The average Bonchev–Trinajstić information content (AvgIpc) is 2.81. The van der Waals surface area contributed by atoms with Gasteiger partial charge in [0.05, 0.1) is 12.5 Å². The minimum atomic E-state index is 0.192. The van der Waals surface area contributed by atoms with Crippen LogP contribution in [0.4, 0.5) is 0 Å². The molecule has 0 aliphatic carbocycles. The summed E-state index contributed by atoms with van der Waals surface area (Å²) in [6.45, 7) is 0.192. The molecular formula is C14H15BrO2. The van der Waals surface area contributed by atoms with Crippen LogP contribution in [0.5, 0.6) is 0 Å². The molecule has 1 heterocycles. The van der Waals surface area contributed by atoms with Crippen molar-refractivity contribution in [3.63, 3.8) is 0 Å². The van der Waals surface area contributed by atoms with Crippen molar-refractivity contribution in [2.24, 2.45) is 5.92 Å². The van der Waals surface area contributed by atoms with E-state index in [4.69, 9.17) is 4.42 Å². The topological polar surface area (TPSA) is 33.4 Å². The van der Waals surface area contributed by atoms with E-state index in [-0.39, 0.29) is 12.5 Å². The zero-order valence-corrected chi connectivity index (χ0v) is 11.1. The van der Waals surface area contributed by atoms with Gasteiger partial charge >= 0.3 is 0 Å². The van der Waals surface area contributed by atoms with Gasteiger partial charge in [0.2, 0.25) is 0 Å². The van der Waals surface area contributed by atoms with E-state index >= 15 is 0 Å². The van der Waals surface area contributed by atoms with Crippen molar-refractivity contribution in [2.45, 2.75) is 12.8 Å². The van der Waals surface area contributed by atoms with Gasteiger partial charge in [0.1, 0.15) is 0 Å². The number of halogens is 1. The van der Waals surface area contributed by atoms with Gasteiger partial charge in [0, 0.05) is 11.1 Å². The maximum Gasteiger partial charge on any atom is 0.0934 e. The fourth-order valence-corrected chi connectivity index (χ4v) is 2.39. The van der Waals surface area contributed by atoms with Crippen LogP contribution in [0.25, 0.3) is 0 Å². The molecule has 2 rings (SSSR count). The van der Waals surface area contributed by atoms with Crippen LogP contribution < -0.4 is 0 Å². The summed E-state index contributed by atoms with van der Waals surface area (Å²) in [5, 5.41) is 9.41. The average molecular weight is 295 g/mol. The largest absolute Gasteiger partial charge is 0.472 e. The Hall–Kier alpha value is -1.06. The van der Waals surface area contributed by atoms with E-state index in [0.717, 1.165) is 22.9 Å². The molecule has 0 saturated carbocycles.